The minimum absolute atomic E-state index is 0.854. The molecule has 0 amide bonds. The van der Waals surface area contributed by atoms with Gasteiger partial charge >= 0.3 is 0 Å². The van der Waals surface area contributed by atoms with Gasteiger partial charge in [0, 0.05) is 23.9 Å². The van der Waals surface area contributed by atoms with Gasteiger partial charge in [0.2, 0.25) is 0 Å². The van der Waals surface area contributed by atoms with Crippen molar-refractivity contribution < 1.29 is 0 Å². The Labute approximate surface area is 106 Å². The van der Waals surface area contributed by atoms with E-state index in [-0.39, 0.29) is 0 Å². The average Bonchev–Trinajstić information content (AvgIpc) is 2.66. The van der Waals surface area contributed by atoms with Crippen molar-refractivity contribution in [3.8, 4) is 0 Å². The summed E-state index contributed by atoms with van der Waals surface area (Å²) < 4.78 is 2.24. The molecule has 0 aliphatic rings. The van der Waals surface area contributed by atoms with Gasteiger partial charge in [-0.15, -0.1) is 0 Å². The number of nitrogens with zero attached hydrogens (tertiary/aromatic N) is 1. The maximum Gasteiger partial charge on any atom is 0.0672 e. The average molecular weight is 254 g/mol. The third-order valence-corrected chi connectivity index (χ3v) is 3.96. The zero-order chi connectivity index (χ0) is 11.5. The van der Waals surface area contributed by atoms with E-state index in [1.807, 2.05) is 23.9 Å². The van der Waals surface area contributed by atoms with Gasteiger partial charge in [0.25, 0.3) is 0 Å². The molecule has 0 radical (unpaired) electrons. The van der Waals surface area contributed by atoms with Crippen LogP contribution in [-0.2, 0) is 12.3 Å². The van der Waals surface area contributed by atoms with Crippen molar-refractivity contribution in [1.82, 2.24) is 4.57 Å². The molecule has 0 aliphatic heterocycles. The standard InChI is InChI=1S/C13H16ClNS/c1-3-15-8-10(9-16-4-2)11-6-5-7-12(14)13(11)15/h5-8H,3-4,9H2,1-2H3. The van der Waals surface area contributed by atoms with Crippen LogP contribution >= 0.6 is 23.4 Å². The largest absolute Gasteiger partial charge is 0.346 e. The predicted octanol–water partition coefficient (Wildman–Crippen LogP) is 4.57. The second-order valence-corrected chi connectivity index (χ2v) is 5.39. The molecule has 1 nitrogen and oxygen atoms in total. The first kappa shape index (κ1) is 11.9. The topological polar surface area (TPSA) is 4.93 Å². The van der Waals surface area contributed by atoms with Crippen LogP contribution in [0.5, 0.6) is 0 Å². The summed E-state index contributed by atoms with van der Waals surface area (Å²) in [5.41, 5.74) is 2.57. The molecule has 16 heavy (non-hydrogen) atoms. The quantitative estimate of drug-likeness (QED) is 0.773. The predicted molar refractivity (Wildman–Crippen MR) is 74.5 cm³/mol. The third-order valence-electron chi connectivity index (χ3n) is 2.73. The normalized spacial score (nSPS) is 11.2. The summed E-state index contributed by atoms with van der Waals surface area (Å²) >= 11 is 8.21. The first-order valence-corrected chi connectivity index (χ1v) is 7.15. The Morgan fingerprint density at radius 1 is 1.31 bits per heavy atom. The highest BCUT2D eigenvalue weighted by Gasteiger charge is 2.09. The van der Waals surface area contributed by atoms with Crippen LogP contribution in [0.15, 0.2) is 24.4 Å². The molecule has 0 saturated carbocycles. The van der Waals surface area contributed by atoms with E-state index in [9.17, 15) is 0 Å². The number of thioether (sulfide) groups is 1. The van der Waals surface area contributed by atoms with Gasteiger partial charge in [-0.1, -0.05) is 30.7 Å². The summed E-state index contributed by atoms with van der Waals surface area (Å²) in [4.78, 5) is 0. The number of hydrogen-bond donors (Lipinski definition) is 0. The van der Waals surface area contributed by atoms with Crippen LogP contribution in [0.2, 0.25) is 5.02 Å². The molecule has 86 valence electrons. The Balaban J connectivity index is 2.54. The number of hydrogen-bond acceptors (Lipinski definition) is 1. The van der Waals surface area contributed by atoms with Crippen LogP contribution in [0.3, 0.4) is 0 Å². The zero-order valence-electron chi connectivity index (χ0n) is 9.66. The molecular formula is C13H16ClNS. The minimum Gasteiger partial charge on any atom is -0.346 e. The van der Waals surface area contributed by atoms with Crippen molar-refractivity contribution in [1.29, 1.82) is 0 Å². The number of halogens is 1. The molecule has 1 heterocycles. The Kier molecular flexibility index (Phi) is 3.82. The van der Waals surface area contributed by atoms with Gasteiger partial charge in [0.1, 0.15) is 0 Å². The van der Waals surface area contributed by atoms with Gasteiger partial charge in [-0.2, -0.15) is 11.8 Å². The SMILES string of the molecule is CCSCc1cn(CC)c2c(Cl)cccc12. The number of aryl methyl sites for hydroxylation is 1. The second-order valence-electron chi connectivity index (χ2n) is 3.71. The van der Waals surface area contributed by atoms with Crippen molar-refractivity contribution in [3.05, 3.63) is 35.0 Å². The molecule has 0 bridgehead atoms. The van der Waals surface area contributed by atoms with Crippen molar-refractivity contribution in [2.75, 3.05) is 5.75 Å². The lowest BCUT2D eigenvalue weighted by molar-refractivity contribution is 0.795. The van der Waals surface area contributed by atoms with Gasteiger partial charge in [0.05, 0.1) is 10.5 Å². The summed E-state index contributed by atoms with van der Waals surface area (Å²) in [5, 5.41) is 2.15. The highest BCUT2D eigenvalue weighted by Crippen LogP contribution is 2.30. The smallest absolute Gasteiger partial charge is 0.0672 e. The van der Waals surface area contributed by atoms with E-state index in [1.165, 1.54) is 16.5 Å². The third kappa shape index (κ3) is 2.09. The molecule has 0 aliphatic carbocycles. The van der Waals surface area contributed by atoms with Crippen molar-refractivity contribution >= 4 is 34.3 Å². The molecule has 3 heteroatoms. The second kappa shape index (κ2) is 5.15. The van der Waals surface area contributed by atoms with Gasteiger partial charge < -0.3 is 4.57 Å². The summed E-state index contributed by atoms with van der Waals surface area (Å²) in [6.45, 7) is 5.31. The van der Waals surface area contributed by atoms with E-state index < -0.39 is 0 Å². The van der Waals surface area contributed by atoms with Crippen LogP contribution < -0.4 is 0 Å². The Morgan fingerprint density at radius 2 is 2.12 bits per heavy atom. The van der Waals surface area contributed by atoms with E-state index in [0.717, 1.165) is 23.1 Å². The van der Waals surface area contributed by atoms with Gasteiger partial charge in [-0.25, -0.2) is 0 Å². The number of fused-ring (bicyclic) bond motifs is 1. The number of para-hydroxylation sites is 1. The fourth-order valence-corrected chi connectivity index (χ4v) is 2.90. The summed E-state index contributed by atoms with van der Waals surface area (Å²) in [6.07, 6.45) is 2.24. The molecule has 2 aromatic rings. The van der Waals surface area contributed by atoms with E-state index >= 15 is 0 Å². The Bertz CT molecular complexity index is 490. The lowest BCUT2D eigenvalue weighted by atomic mass is 10.2. The van der Waals surface area contributed by atoms with Gasteiger partial charge in [0.15, 0.2) is 0 Å². The van der Waals surface area contributed by atoms with Crippen molar-refractivity contribution in [3.63, 3.8) is 0 Å². The van der Waals surface area contributed by atoms with E-state index in [4.69, 9.17) is 11.6 Å². The van der Waals surface area contributed by atoms with E-state index in [1.54, 1.807) is 0 Å². The summed E-state index contributed by atoms with van der Waals surface area (Å²) in [7, 11) is 0. The minimum atomic E-state index is 0.854. The van der Waals surface area contributed by atoms with Crippen molar-refractivity contribution in [2.24, 2.45) is 0 Å². The molecule has 0 fully saturated rings. The van der Waals surface area contributed by atoms with Crippen LogP contribution in [0.1, 0.15) is 19.4 Å². The lowest BCUT2D eigenvalue weighted by Crippen LogP contribution is -1.90. The first-order valence-electron chi connectivity index (χ1n) is 5.61. The van der Waals surface area contributed by atoms with E-state index in [2.05, 4.69) is 30.7 Å². The molecule has 0 atom stereocenters. The van der Waals surface area contributed by atoms with Crippen molar-refractivity contribution in [2.45, 2.75) is 26.1 Å². The van der Waals surface area contributed by atoms with Gasteiger partial charge in [-0.3, -0.25) is 0 Å². The van der Waals surface area contributed by atoms with Crippen LogP contribution in [0, 0.1) is 0 Å². The molecule has 0 unspecified atom stereocenters. The highest BCUT2D eigenvalue weighted by atomic mass is 35.5. The molecule has 0 spiro atoms. The number of rotatable bonds is 4. The molecular weight excluding hydrogens is 238 g/mol. The van der Waals surface area contributed by atoms with E-state index in [0.29, 0.717) is 0 Å². The fraction of sp³-hybridized carbons (Fsp3) is 0.385. The first-order chi connectivity index (χ1) is 7.77. The maximum atomic E-state index is 6.26. The molecule has 2 rings (SSSR count). The molecule has 1 aromatic carbocycles. The van der Waals surface area contributed by atoms with Gasteiger partial charge in [-0.05, 0) is 24.3 Å². The molecule has 1 aromatic heterocycles. The molecule has 0 N–H and O–H groups in total. The fourth-order valence-electron chi connectivity index (χ4n) is 1.97. The Morgan fingerprint density at radius 3 is 2.81 bits per heavy atom. The Hall–Kier alpha value is -0.600. The monoisotopic (exact) mass is 253 g/mol. The zero-order valence-corrected chi connectivity index (χ0v) is 11.2. The van der Waals surface area contributed by atoms with Crippen LogP contribution in [0.25, 0.3) is 10.9 Å². The summed E-state index contributed by atoms with van der Waals surface area (Å²) in [6, 6.07) is 6.16. The lowest BCUT2D eigenvalue weighted by Gasteiger charge is -2.01. The highest BCUT2D eigenvalue weighted by molar-refractivity contribution is 7.98. The maximum absolute atomic E-state index is 6.26. The number of aromatic nitrogens is 1. The summed E-state index contributed by atoms with van der Waals surface area (Å²) in [5.74, 6) is 2.22. The van der Waals surface area contributed by atoms with Crippen LogP contribution in [-0.4, -0.2) is 10.3 Å². The molecule has 0 saturated heterocycles. The number of benzene rings is 1. The van der Waals surface area contributed by atoms with Crippen LogP contribution in [0.4, 0.5) is 0 Å².